The number of aliphatic hydroxyl groups is 1. The summed E-state index contributed by atoms with van der Waals surface area (Å²) in [5, 5.41) is 22.9. The third-order valence-corrected chi connectivity index (χ3v) is 2.57. The molecular formula is C12H17FN2O3. The average Bonchev–Trinajstić information content (AvgIpc) is 2.31. The summed E-state index contributed by atoms with van der Waals surface area (Å²) in [6, 6.07) is 4.06. The van der Waals surface area contributed by atoms with Crippen molar-refractivity contribution in [1.29, 1.82) is 0 Å². The van der Waals surface area contributed by atoms with Gasteiger partial charge in [0.05, 0.1) is 11.0 Å². The van der Waals surface area contributed by atoms with E-state index in [1.807, 2.05) is 6.92 Å². The monoisotopic (exact) mass is 256 g/mol. The lowest BCUT2D eigenvalue weighted by molar-refractivity contribution is -0.387. The average molecular weight is 256 g/mol. The molecule has 1 aromatic rings. The Balaban J connectivity index is 2.57. The summed E-state index contributed by atoms with van der Waals surface area (Å²) in [4.78, 5) is 9.80. The van der Waals surface area contributed by atoms with Crippen molar-refractivity contribution in [2.45, 2.75) is 32.4 Å². The first-order valence-corrected chi connectivity index (χ1v) is 5.86. The maximum atomic E-state index is 13.7. The lowest BCUT2D eigenvalue weighted by Gasteiger charge is -2.10. The van der Waals surface area contributed by atoms with Crippen molar-refractivity contribution in [2.24, 2.45) is 0 Å². The van der Waals surface area contributed by atoms with Crippen LogP contribution in [0, 0.1) is 15.9 Å². The minimum atomic E-state index is -0.819. The molecule has 0 heterocycles. The van der Waals surface area contributed by atoms with E-state index >= 15 is 0 Å². The summed E-state index contributed by atoms with van der Waals surface area (Å²) in [5.41, 5.74) is -0.295. The first kappa shape index (κ1) is 14.5. The molecule has 1 aromatic carbocycles. The molecule has 1 atom stereocenters. The van der Waals surface area contributed by atoms with Crippen LogP contribution in [-0.4, -0.2) is 22.7 Å². The van der Waals surface area contributed by atoms with E-state index in [0.29, 0.717) is 13.0 Å². The van der Waals surface area contributed by atoms with Gasteiger partial charge in [0.15, 0.2) is 0 Å². The highest BCUT2D eigenvalue weighted by Crippen LogP contribution is 2.19. The molecule has 6 heteroatoms. The predicted molar refractivity (Wildman–Crippen MR) is 65.7 cm³/mol. The number of rotatable bonds is 7. The highest BCUT2D eigenvalue weighted by atomic mass is 19.1. The molecular weight excluding hydrogens is 239 g/mol. The molecule has 1 unspecified atom stereocenters. The minimum absolute atomic E-state index is 0.161. The van der Waals surface area contributed by atoms with Gasteiger partial charge in [-0.15, -0.1) is 0 Å². The van der Waals surface area contributed by atoms with Crippen molar-refractivity contribution in [3.05, 3.63) is 39.7 Å². The molecule has 5 nitrogen and oxygen atoms in total. The summed E-state index contributed by atoms with van der Waals surface area (Å²) in [6.45, 7) is 2.47. The van der Waals surface area contributed by atoms with Gasteiger partial charge in [0.1, 0.15) is 0 Å². The first-order chi connectivity index (χ1) is 8.56. The molecule has 2 N–H and O–H groups in total. The van der Waals surface area contributed by atoms with Crippen LogP contribution in [0.15, 0.2) is 18.2 Å². The Morgan fingerprint density at radius 1 is 1.56 bits per heavy atom. The second kappa shape index (κ2) is 7.03. The van der Waals surface area contributed by atoms with E-state index in [2.05, 4.69) is 5.32 Å². The zero-order chi connectivity index (χ0) is 13.5. The number of nitro groups is 1. The van der Waals surface area contributed by atoms with Crippen molar-refractivity contribution in [3.63, 3.8) is 0 Å². The summed E-state index contributed by atoms with van der Waals surface area (Å²) in [7, 11) is 0. The van der Waals surface area contributed by atoms with Gasteiger partial charge in [-0.05, 0) is 6.42 Å². The molecule has 0 amide bonds. The number of hydrogen-bond donors (Lipinski definition) is 2. The van der Waals surface area contributed by atoms with Crippen molar-refractivity contribution in [3.8, 4) is 0 Å². The normalized spacial score (nSPS) is 12.4. The van der Waals surface area contributed by atoms with Crippen molar-refractivity contribution in [2.75, 3.05) is 6.54 Å². The van der Waals surface area contributed by atoms with Gasteiger partial charge < -0.3 is 10.4 Å². The van der Waals surface area contributed by atoms with Crippen LogP contribution in [0.2, 0.25) is 0 Å². The maximum absolute atomic E-state index is 13.7. The topological polar surface area (TPSA) is 75.4 Å². The number of benzene rings is 1. The minimum Gasteiger partial charge on any atom is -0.392 e. The fourth-order valence-electron chi connectivity index (χ4n) is 1.65. The molecule has 1 rings (SSSR count). The van der Waals surface area contributed by atoms with Crippen molar-refractivity contribution >= 4 is 5.69 Å². The lowest BCUT2D eigenvalue weighted by Crippen LogP contribution is -2.26. The SMILES string of the molecule is CCCC(O)CNCc1cccc([N+](=O)[O-])c1F. The molecule has 0 aromatic heterocycles. The Kier molecular flexibility index (Phi) is 5.67. The number of nitrogens with zero attached hydrogens (tertiary/aromatic N) is 1. The van der Waals surface area contributed by atoms with Crippen LogP contribution in [0.3, 0.4) is 0 Å². The van der Waals surface area contributed by atoms with Gasteiger partial charge in [0, 0.05) is 24.7 Å². The van der Waals surface area contributed by atoms with E-state index < -0.39 is 22.5 Å². The summed E-state index contributed by atoms with van der Waals surface area (Å²) in [6.07, 6.45) is 1.06. The number of hydrogen-bond acceptors (Lipinski definition) is 4. The molecule has 0 aliphatic rings. The molecule has 0 spiro atoms. The molecule has 0 saturated heterocycles. The van der Waals surface area contributed by atoms with Gasteiger partial charge in [0.2, 0.25) is 5.82 Å². The Morgan fingerprint density at radius 3 is 2.89 bits per heavy atom. The van der Waals surface area contributed by atoms with E-state index in [4.69, 9.17) is 0 Å². The first-order valence-electron chi connectivity index (χ1n) is 5.86. The molecule has 0 bridgehead atoms. The quantitative estimate of drug-likeness (QED) is 0.578. The van der Waals surface area contributed by atoms with E-state index in [1.165, 1.54) is 12.1 Å². The second-order valence-electron chi connectivity index (χ2n) is 4.08. The fraction of sp³-hybridized carbons (Fsp3) is 0.500. The fourth-order valence-corrected chi connectivity index (χ4v) is 1.65. The largest absolute Gasteiger partial charge is 0.392 e. The predicted octanol–water partition coefficient (Wildman–Crippen LogP) is 1.98. The zero-order valence-electron chi connectivity index (χ0n) is 10.2. The van der Waals surface area contributed by atoms with E-state index in [9.17, 15) is 19.6 Å². The number of nitro benzene ring substituents is 1. The molecule has 0 saturated carbocycles. The highest BCUT2D eigenvalue weighted by Gasteiger charge is 2.16. The highest BCUT2D eigenvalue weighted by molar-refractivity contribution is 5.36. The van der Waals surface area contributed by atoms with Gasteiger partial charge in [0.25, 0.3) is 0 Å². The molecule has 18 heavy (non-hydrogen) atoms. The van der Waals surface area contributed by atoms with Gasteiger partial charge >= 0.3 is 5.69 Å². The second-order valence-corrected chi connectivity index (χ2v) is 4.08. The third-order valence-electron chi connectivity index (χ3n) is 2.57. The Hall–Kier alpha value is -1.53. The Bertz CT molecular complexity index is 412. The summed E-state index contributed by atoms with van der Waals surface area (Å²) >= 11 is 0. The standard InChI is InChI=1S/C12H17FN2O3/c1-2-4-10(16)8-14-7-9-5-3-6-11(12(9)13)15(17)18/h3,5-6,10,14,16H,2,4,7-8H2,1H3. The maximum Gasteiger partial charge on any atom is 0.305 e. The third kappa shape index (κ3) is 4.05. The van der Waals surface area contributed by atoms with E-state index in [-0.39, 0.29) is 12.1 Å². The van der Waals surface area contributed by atoms with Gasteiger partial charge in [-0.2, -0.15) is 4.39 Å². The Morgan fingerprint density at radius 2 is 2.28 bits per heavy atom. The van der Waals surface area contributed by atoms with Crippen LogP contribution < -0.4 is 5.32 Å². The number of nitrogens with one attached hydrogen (secondary N) is 1. The van der Waals surface area contributed by atoms with Crippen LogP contribution in [0.4, 0.5) is 10.1 Å². The molecule has 100 valence electrons. The van der Waals surface area contributed by atoms with Gasteiger partial charge in [-0.3, -0.25) is 10.1 Å². The van der Waals surface area contributed by atoms with Crippen molar-refractivity contribution in [1.82, 2.24) is 5.32 Å². The van der Waals surface area contributed by atoms with Crippen LogP contribution in [0.1, 0.15) is 25.3 Å². The molecule has 0 aliphatic carbocycles. The molecule has 0 fully saturated rings. The van der Waals surface area contributed by atoms with Crippen LogP contribution in [0.5, 0.6) is 0 Å². The summed E-state index contributed by atoms with van der Waals surface area (Å²) < 4.78 is 13.7. The molecule has 0 radical (unpaired) electrons. The van der Waals surface area contributed by atoms with E-state index in [1.54, 1.807) is 0 Å². The summed E-state index contributed by atoms with van der Waals surface area (Å²) in [5.74, 6) is -0.819. The van der Waals surface area contributed by atoms with Crippen LogP contribution >= 0.6 is 0 Å². The number of halogens is 1. The molecule has 0 aliphatic heterocycles. The van der Waals surface area contributed by atoms with E-state index in [0.717, 1.165) is 12.5 Å². The lowest BCUT2D eigenvalue weighted by atomic mass is 10.1. The zero-order valence-corrected chi connectivity index (χ0v) is 10.2. The Labute approximate surface area is 105 Å². The smallest absolute Gasteiger partial charge is 0.305 e. The van der Waals surface area contributed by atoms with Gasteiger partial charge in [-0.1, -0.05) is 25.5 Å². The van der Waals surface area contributed by atoms with Crippen LogP contribution in [-0.2, 0) is 6.54 Å². The number of aliphatic hydroxyl groups excluding tert-OH is 1. The van der Waals surface area contributed by atoms with Gasteiger partial charge in [-0.25, -0.2) is 0 Å². The van der Waals surface area contributed by atoms with Crippen molar-refractivity contribution < 1.29 is 14.4 Å². The van der Waals surface area contributed by atoms with Crippen LogP contribution in [0.25, 0.3) is 0 Å².